The van der Waals surface area contributed by atoms with Gasteiger partial charge in [0.25, 0.3) is 0 Å². The zero-order valence-electron chi connectivity index (χ0n) is 8.41. The van der Waals surface area contributed by atoms with E-state index in [1.807, 2.05) is 0 Å². The van der Waals surface area contributed by atoms with Crippen LogP contribution in [-0.4, -0.2) is 10.6 Å². The number of aryl methyl sites for hydroxylation is 1. The molecule has 0 fully saturated rings. The summed E-state index contributed by atoms with van der Waals surface area (Å²) in [4.78, 5) is 0. The molecular weight excluding hydrogens is 252 g/mol. The second-order valence-electron chi connectivity index (χ2n) is 4.25. The van der Waals surface area contributed by atoms with Crippen LogP contribution in [0.3, 0.4) is 0 Å². The van der Waals surface area contributed by atoms with Crippen molar-refractivity contribution in [3.8, 4) is 0 Å². The van der Waals surface area contributed by atoms with E-state index in [0.29, 0.717) is 6.04 Å². The van der Waals surface area contributed by atoms with E-state index in [4.69, 9.17) is 5.73 Å². The number of rotatable bonds is 0. The molecule has 3 rings (SSSR count). The van der Waals surface area contributed by atoms with Gasteiger partial charge in [0, 0.05) is 33.7 Å². The van der Waals surface area contributed by atoms with Crippen LogP contribution in [-0.2, 0) is 13.0 Å². The Balaban J connectivity index is 2.24. The SMILES string of the molecule is NC1CCc2cc3cc(Br)ccc3n2C1. The van der Waals surface area contributed by atoms with Crippen molar-refractivity contribution in [2.24, 2.45) is 5.73 Å². The van der Waals surface area contributed by atoms with E-state index in [-0.39, 0.29) is 0 Å². The van der Waals surface area contributed by atoms with E-state index in [0.717, 1.165) is 23.9 Å². The quantitative estimate of drug-likeness (QED) is 0.780. The van der Waals surface area contributed by atoms with E-state index in [1.54, 1.807) is 0 Å². The number of halogens is 1. The van der Waals surface area contributed by atoms with E-state index in [9.17, 15) is 0 Å². The standard InChI is InChI=1S/C12H13BrN2/c13-9-1-4-12-8(5-9)6-11-3-2-10(14)7-15(11)12/h1,4-6,10H,2-3,7,14H2. The molecule has 15 heavy (non-hydrogen) atoms. The van der Waals surface area contributed by atoms with E-state index < -0.39 is 0 Å². The molecule has 0 amide bonds. The Morgan fingerprint density at radius 3 is 3.07 bits per heavy atom. The predicted molar refractivity (Wildman–Crippen MR) is 65.9 cm³/mol. The van der Waals surface area contributed by atoms with Crippen molar-refractivity contribution < 1.29 is 0 Å². The fraction of sp³-hybridized carbons (Fsp3) is 0.333. The Bertz CT molecular complexity index is 516. The van der Waals surface area contributed by atoms with Crippen molar-refractivity contribution in [1.29, 1.82) is 0 Å². The van der Waals surface area contributed by atoms with Gasteiger partial charge in [0.1, 0.15) is 0 Å². The number of fused-ring (bicyclic) bond motifs is 3. The van der Waals surface area contributed by atoms with Crippen molar-refractivity contribution in [3.05, 3.63) is 34.4 Å². The Hall–Kier alpha value is -0.800. The summed E-state index contributed by atoms with van der Waals surface area (Å²) < 4.78 is 3.50. The van der Waals surface area contributed by atoms with Crippen LogP contribution in [0.25, 0.3) is 10.9 Å². The molecule has 1 aromatic heterocycles. The predicted octanol–water partition coefficient (Wildman–Crippen LogP) is 2.68. The lowest BCUT2D eigenvalue weighted by Gasteiger charge is -2.21. The molecule has 2 aromatic rings. The highest BCUT2D eigenvalue weighted by molar-refractivity contribution is 9.10. The summed E-state index contributed by atoms with van der Waals surface area (Å²) in [5.74, 6) is 0. The number of hydrogen-bond donors (Lipinski definition) is 1. The second kappa shape index (κ2) is 3.35. The molecule has 3 heteroatoms. The average Bonchev–Trinajstić information content (AvgIpc) is 2.54. The first-order valence-electron chi connectivity index (χ1n) is 5.27. The molecule has 2 N–H and O–H groups in total. The van der Waals surface area contributed by atoms with Crippen LogP contribution in [0.5, 0.6) is 0 Å². The molecule has 2 nitrogen and oxygen atoms in total. The minimum Gasteiger partial charge on any atom is -0.343 e. The van der Waals surface area contributed by atoms with Crippen molar-refractivity contribution >= 4 is 26.8 Å². The molecule has 78 valence electrons. The minimum atomic E-state index is 0.316. The Labute approximate surface area is 97.2 Å². The highest BCUT2D eigenvalue weighted by atomic mass is 79.9. The normalized spacial score (nSPS) is 20.5. The van der Waals surface area contributed by atoms with Gasteiger partial charge in [-0.3, -0.25) is 0 Å². The maximum Gasteiger partial charge on any atom is 0.0483 e. The van der Waals surface area contributed by atoms with Crippen LogP contribution in [0, 0.1) is 0 Å². The van der Waals surface area contributed by atoms with Crippen molar-refractivity contribution in [2.75, 3.05) is 0 Å². The van der Waals surface area contributed by atoms with E-state index in [2.05, 4.69) is 44.8 Å². The van der Waals surface area contributed by atoms with E-state index >= 15 is 0 Å². The van der Waals surface area contributed by atoms with Gasteiger partial charge in [-0.15, -0.1) is 0 Å². The molecule has 0 aliphatic carbocycles. The van der Waals surface area contributed by atoms with Crippen LogP contribution >= 0.6 is 15.9 Å². The monoisotopic (exact) mass is 264 g/mol. The Morgan fingerprint density at radius 1 is 1.33 bits per heavy atom. The van der Waals surface area contributed by atoms with Gasteiger partial charge >= 0.3 is 0 Å². The molecule has 1 aromatic carbocycles. The molecule has 1 aliphatic heterocycles. The number of aromatic nitrogens is 1. The summed E-state index contributed by atoms with van der Waals surface area (Å²) in [5.41, 5.74) is 8.73. The molecule has 1 atom stereocenters. The summed E-state index contributed by atoms with van der Waals surface area (Å²) in [6.07, 6.45) is 2.21. The van der Waals surface area contributed by atoms with Gasteiger partial charge in [-0.05, 0) is 37.1 Å². The molecule has 0 bridgehead atoms. The first kappa shape index (κ1) is 9.43. The lowest BCUT2D eigenvalue weighted by atomic mass is 10.1. The Kier molecular flexibility index (Phi) is 2.11. The number of hydrogen-bond acceptors (Lipinski definition) is 1. The highest BCUT2D eigenvalue weighted by Gasteiger charge is 2.17. The summed E-state index contributed by atoms with van der Waals surface area (Å²) in [6.45, 7) is 0.959. The molecule has 2 heterocycles. The van der Waals surface area contributed by atoms with Gasteiger partial charge in [0.15, 0.2) is 0 Å². The van der Waals surface area contributed by atoms with Crippen LogP contribution < -0.4 is 5.73 Å². The molecule has 1 aliphatic rings. The number of nitrogens with zero attached hydrogens (tertiary/aromatic N) is 1. The fourth-order valence-electron chi connectivity index (χ4n) is 2.38. The van der Waals surface area contributed by atoms with Crippen LogP contribution in [0.2, 0.25) is 0 Å². The van der Waals surface area contributed by atoms with Crippen LogP contribution in [0.1, 0.15) is 12.1 Å². The third-order valence-electron chi connectivity index (χ3n) is 3.14. The van der Waals surface area contributed by atoms with Crippen molar-refractivity contribution in [3.63, 3.8) is 0 Å². The van der Waals surface area contributed by atoms with Gasteiger partial charge < -0.3 is 10.3 Å². The van der Waals surface area contributed by atoms with Crippen LogP contribution in [0.15, 0.2) is 28.7 Å². The molecule has 0 saturated carbocycles. The third-order valence-corrected chi connectivity index (χ3v) is 3.63. The maximum atomic E-state index is 6.00. The van der Waals surface area contributed by atoms with Crippen molar-refractivity contribution in [2.45, 2.75) is 25.4 Å². The lowest BCUT2D eigenvalue weighted by Crippen LogP contribution is -2.31. The van der Waals surface area contributed by atoms with E-state index in [1.165, 1.54) is 16.6 Å². The summed E-state index contributed by atoms with van der Waals surface area (Å²) in [5, 5.41) is 1.31. The topological polar surface area (TPSA) is 30.9 Å². The highest BCUT2D eigenvalue weighted by Crippen LogP contribution is 2.27. The molecule has 1 unspecified atom stereocenters. The molecule has 0 radical (unpaired) electrons. The number of nitrogens with two attached hydrogens (primary N) is 1. The fourth-order valence-corrected chi connectivity index (χ4v) is 2.76. The maximum absolute atomic E-state index is 6.00. The largest absolute Gasteiger partial charge is 0.343 e. The second-order valence-corrected chi connectivity index (χ2v) is 5.16. The summed E-state index contributed by atoms with van der Waals surface area (Å²) >= 11 is 3.50. The smallest absolute Gasteiger partial charge is 0.0483 e. The van der Waals surface area contributed by atoms with Gasteiger partial charge in [-0.1, -0.05) is 15.9 Å². The zero-order chi connectivity index (χ0) is 10.4. The minimum absolute atomic E-state index is 0.316. The first-order chi connectivity index (χ1) is 7.24. The van der Waals surface area contributed by atoms with Gasteiger partial charge in [0.2, 0.25) is 0 Å². The Morgan fingerprint density at radius 2 is 2.20 bits per heavy atom. The third kappa shape index (κ3) is 1.50. The van der Waals surface area contributed by atoms with Gasteiger partial charge in [-0.25, -0.2) is 0 Å². The van der Waals surface area contributed by atoms with Crippen LogP contribution in [0.4, 0.5) is 0 Å². The number of benzene rings is 1. The lowest BCUT2D eigenvalue weighted by molar-refractivity contribution is 0.470. The average molecular weight is 265 g/mol. The summed E-state index contributed by atoms with van der Waals surface area (Å²) in [7, 11) is 0. The zero-order valence-corrected chi connectivity index (χ0v) is 10.00. The van der Waals surface area contributed by atoms with Gasteiger partial charge in [0.05, 0.1) is 0 Å². The molecule has 0 spiro atoms. The van der Waals surface area contributed by atoms with Gasteiger partial charge in [-0.2, -0.15) is 0 Å². The van der Waals surface area contributed by atoms with Crippen molar-refractivity contribution in [1.82, 2.24) is 4.57 Å². The molecular formula is C12H13BrN2. The summed E-state index contributed by atoms with van der Waals surface area (Å²) in [6, 6.07) is 9.03. The first-order valence-corrected chi connectivity index (χ1v) is 6.06. The molecule has 0 saturated heterocycles.